The van der Waals surface area contributed by atoms with Gasteiger partial charge in [-0.2, -0.15) is 0 Å². The van der Waals surface area contributed by atoms with Crippen molar-refractivity contribution in [3.8, 4) is 5.75 Å². The monoisotopic (exact) mass is 452 g/mol. The first-order valence-electron chi connectivity index (χ1n) is 9.24. The van der Waals surface area contributed by atoms with E-state index in [0.29, 0.717) is 5.75 Å². The van der Waals surface area contributed by atoms with Gasteiger partial charge in [-0.05, 0) is 17.7 Å². The molecule has 0 aliphatic heterocycles. The van der Waals surface area contributed by atoms with Crippen molar-refractivity contribution < 1.29 is 23.3 Å². The van der Waals surface area contributed by atoms with Crippen molar-refractivity contribution in [2.45, 2.75) is 27.3 Å². The average Bonchev–Trinajstić information content (AvgIpc) is 2.70. The van der Waals surface area contributed by atoms with Crippen molar-refractivity contribution in [3.05, 3.63) is 70.3 Å². The highest BCUT2D eigenvalue weighted by molar-refractivity contribution is 8.13. The smallest absolute Gasteiger partial charge is 0.413 e. The van der Waals surface area contributed by atoms with Crippen LogP contribution < -0.4 is 9.61 Å². The molecule has 1 atom stereocenters. The Morgan fingerprint density at radius 3 is 2.33 bits per heavy atom. The molecule has 0 radical (unpaired) electrons. The third kappa shape index (κ3) is 7.91. The molecular weight excluding hydrogens is 427 g/mol. The predicted molar refractivity (Wildman–Crippen MR) is 117 cm³/mol. The van der Waals surface area contributed by atoms with Crippen LogP contribution in [0.4, 0.5) is 5.69 Å². The zero-order valence-electron chi connectivity index (χ0n) is 17.1. The Kier molecular flexibility index (Phi) is 8.61. The number of carbonyl (C=O) groups excluding carboxylic acids is 1. The topological polar surface area (TPSA) is 108 Å². The van der Waals surface area contributed by atoms with E-state index in [2.05, 4.69) is 5.09 Å². The number of nitro benzene ring substituents is 1. The van der Waals surface area contributed by atoms with Crippen molar-refractivity contribution >= 4 is 30.3 Å². The van der Waals surface area contributed by atoms with Crippen LogP contribution in [0.25, 0.3) is 0 Å². The fourth-order valence-corrected chi connectivity index (χ4v) is 4.39. The highest BCUT2D eigenvalue weighted by atomic mass is 32.2. The molecule has 0 amide bonds. The Balaban J connectivity index is 2.04. The van der Waals surface area contributed by atoms with Crippen molar-refractivity contribution in [1.82, 2.24) is 5.09 Å². The van der Waals surface area contributed by atoms with Gasteiger partial charge in [-0.1, -0.05) is 62.9 Å². The molecule has 0 bridgehead atoms. The molecule has 162 valence electrons. The van der Waals surface area contributed by atoms with Gasteiger partial charge in [-0.3, -0.25) is 19.4 Å². The third-order valence-electron chi connectivity index (χ3n) is 3.78. The van der Waals surface area contributed by atoms with Crippen LogP contribution in [0.15, 0.2) is 54.6 Å². The van der Waals surface area contributed by atoms with E-state index in [1.807, 2.05) is 51.1 Å². The van der Waals surface area contributed by atoms with Crippen molar-refractivity contribution in [3.63, 3.8) is 0 Å². The van der Waals surface area contributed by atoms with Gasteiger partial charge in [0.2, 0.25) is 0 Å². The minimum Gasteiger partial charge on any atom is -0.413 e. The molecular formula is C20H25N2O6PS. The first kappa shape index (κ1) is 24.1. The maximum absolute atomic E-state index is 13.2. The van der Waals surface area contributed by atoms with Gasteiger partial charge < -0.3 is 4.52 Å². The number of carbonyl (C=O) groups is 1. The van der Waals surface area contributed by atoms with Crippen LogP contribution in [-0.4, -0.2) is 22.4 Å². The molecule has 0 aliphatic rings. The molecule has 0 saturated heterocycles. The predicted octanol–water partition coefficient (Wildman–Crippen LogP) is 5.19. The first-order chi connectivity index (χ1) is 14.1. The standard InChI is InChI=1S/C20H25N2O6PS/c1-20(2,3)19(23)30-14-13-27-29(26,21-15-16-7-5-4-6-8-16)28-18-11-9-17(10-12-18)22(24)25/h4-12H,13-15H2,1-3H3,(H,21,26). The molecule has 8 nitrogen and oxygen atoms in total. The lowest BCUT2D eigenvalue weighted by molar-refractivity contribution is -0.384. The number of nitro groups is 1. The summed E-state index contributed by atoms with van der Waals surface area (Å²) in [6.45, 7) is 5.74. The van der Waals surface area contributed by atoms with E-state index in [1.54, 1.807) is 0 Å². The second-order valence-electron chi connectivity index (χ2n) is 7.38. The molecule has 0 aromatic heterocycles. The van der Waals surface area contributed by atoms with Gasteiger partial charge in [0.15, 0.2) is 5.12 Å². The minimum atomic E-state index is -3.79. The Bertz CT molecular complexity index is 900. The zero-order chi connectivity index (χ0) is 22.2. The van der Waals surface area contributed by atoms with Crippen LogP contribution in [-0.2, 0) is 20.4 Å². The molecule has 0 aliphatic carbocycles. The molecule has 0 fully saturated rings. The van der Waals surface area contributed by atoms with E-state index >= 15 is 0 Å². The minimum absolute atomic E-state index is 0.00876. The highest BCUT2D eigenvalue weighted by Crippen LogP contribution is 2.45. The summed E-state index contributed by atoms with van der Waals surface area (Å²) >= 11 is 1.11. The maximum atomic E-state index is 13.2. The molecule has 0 spiro atoms. The van der Waals surface area contributed by atoms with Gasteiger partial charge in [0.25, 0.3) is 5.69 Å². The molecule has 10 heteroatoms. The number of rotatable bonds is 10. The Morgan fingerprint density at radius 2 is 1.77 bits per heavy atom. The van der Waals surface area contributed by atoms with Gasteiger partial charge in [0.1, 0.15) is 5.75 Å². The Hall–Kier alpha value is -2.19. The van der Waals surface area contributed by atoms with E-state index in [1.165, 1.54) is 24.3 Å². The van der Waals surface area contributed by atoms with E-state index in [0.717, 1.165) is 17.3 Å². The van der Waals surface area contributed by atoms with Crippen LogP contribution in [0.5, 0.6) is 5.75 Å². The number of hydrogen-bond donors (Lipinski definition) is 1. The first-order valence-corrected chi connectivity index (χ1v) is 11.8. The van der Waals surface area contributed by atoms with E-state index < -0.39 is 18.1 Å². The Morgan fingerprint density at radius 1 is 1.13 bits per heavy atom. The third-order valence-corrected chi connectivity index (χ3v) is 6.55. The number of hydrogen-bond acceptors (Lipinski definition) is 7. The molecule has 1 unspecified atom stereocenters. The number of nitrogens with zero attached hydrogens (tertiary/aromatic N) is 1. The van der Waals surface area contributed by atoms with E-state index in [4.69, 9.17) is 9.05 Å². The Labute approximate surface area is 180 Å². The van der Waals surface area contributed by atoms with Crippen LogP contribution in [0, 0.1) is 15.5 Å². The van der Waals surface area contributed by atoms with E-state index in [-0.39, 0.29) is 29.7 Å². The molecule has 0 saturated carbocycles. The fraction of sp³-hybridized carbons (Fsp3) is 0.350. The van der Waals surface area contributed by atoms with Gasteiger partial charge in [0.05, 0.1) is 11.5 Å². The zero-order valence-corrected chi connectivity index (χ0v) is 18.8. The summed E-state index contributed by atoms with van der Waals surface area (Å²) < 4.78 is 24.3. The quantitative estimate of drug-likeness (QED) is 0.227. The van der Waals surface area contributed by atoms with Crippen LogP contribution in [0.2, 0.25) is 0 Å². The second kappa shape index (κ2) is 10.7. The summed E-state index contributed by atoms with van der Waals surface area (Å²) in [5.41, 5.74) is 0.299. The molecule has 1 N–H and O–H groups in total. The molecule has 2 aromatic carbocycles. The average molecular weight is 452 g/mol. The summed E-state index contributed by atoms with van der Waals surface area (Å²) in [5, 5.41) is 13.6. The van der Waals surface area contributed by atoms with Crippen molar-refractivity contribution in [1.29, 1.82) is 0 Å². The lowest BCUT2D eigenvalue weighted by atomic mass is 10.00. The molecule has 0 heterocycles. The maximum Gasteiger partial charge on any atom is 0.459 e. The van der Waals surface area contributed by atoms with E-state index in [9.17, 15) is 19.5 Å². The van der Waals surface area contributed by atoms with Gasteiger partial charge in [-0.15, -0.1) is 0 Å². The van der Waals surface area contributed by atoms with Gasteiger partial charge in [-0.25, -0.2) is 9.65 Å². The lowest BCUT2D eigenvalue weighted by Crippen LogP contribution is -2.19. The molecule has 2 rings (SSSR count). The lowest BCUT2D eigenvalue weighted by Gasteiger charge is -2.20. The number of benzene rings is 2. The number of thioether (sulfide) groups is 1. The summed E-state index contributed by atoms with van der Waals surface area (Å²) in [7, 11) is -3.79. The second-order valence-corrected chi connectivity index (χ2v) is 10.2. The summed E-state index contributed by atoms with van der Waals surface area (Å²) in [6.07, 6.45) is 0. The number of nitrogens with one attached hydrogen (secondary N) is 1. The van der Waals surface area contributed by atoms with Gasteiger partial charge in [0, 0.05) is 29.8 Å². The highest BCUT2D eigenvalue weighted by Gasteiger charge is 2.27. The largest absolute Gasteiger partial charge is 0.459 e. The van der Waals surface area contributed by atoms with Gasteiger partial charge >= 0.3 is 7.75 Å². The van der Waals surface area contributed by atoms with Crippen LogP contribution in [0.3, 0.4) is 0 Å². The fourth-order valence-electron chi connectivity index (χ4n) is 2.16. The summed E-state index contributed by atoms with van der Waals surface area (Å²) in [6, 6.07) is 14.5. The van der Waals surface area contributed by atoms with Crippen molar-refractivity contribution in [2.24, 2.45) is 5.41 Å². The molecule has 2 aromatic rings. The van der Waals surface area contributed by atoms with Crippen molar-refractivity contribution in [2.75, 3.05) is 12.4 Å². The summed E-state index contributed by atoms with van der Waals surface area (Å²) in [4.78, 5) is 22.3. The van der Waals surface area contributed by atoms with Crippen LogP contribution >= 0.6 is 19.5 Å². The van der Waals surface area contributed by atoms with Crippen LogP contribution in [0.1, 0.15) is 26.3 Å². The SMILES string of the molecule is CC(C)(C)C(=O)SCCOP(=O)(NCc1ccccc1)Oc1ccc([N+](=O)[O-])cc1. The molecule has 30 heavy (non-hydrogen) atoms. The number of non-ortho nitro benzene ring substituents is 1. The normalized spacial score (nSPS) is 13.4. The summed E-state index contributed by atoms with van der Waals surface area (Å²) in [5.74, 6) is 0.486.